The van der Waals surface area contributed by atoms with Crippen LogP contribution >= 0.6 is 11.6 Å². The summed E-state index contributed by atoms with van der Waals surface area (Å²) in [5.41, 5.74) is 0.968. The molecule has 2 nitrogen and oxygen atoms in total. The zero-order valence-electron chi connectivity index (χ0n) is 7.59. The highest BCUT2D eigenvalue weighted by Gasteiger charge is 2.21. The van der Waals surface area contributed by atoms with Crippen molar-refractivity contribution in [1.82, 2.24) is 4.98 Å². The van der Waals surface area contributed by atoms with Crippen LogP contribution in [0.2, 0.25) is 5.15 Å². The second-order valence-corrected chi connectivity index (χ2v) is 3.89. The highest BCUT2D eigenvalue weighted by Crippen LogP contribution is 2.29. The second-order valence-electron chi connectivity index (χ2n) is 3.53. The van der Waals surface area contributed by atoms with Crippen molar-refractivity contribution >= 4 is 11.6 Å². The van der Waals surface area contributed by atoms with Gasteiger partial charge in [-0.05, 0) is 37.3 Å². The Hall–Kier alpha value is -0.760. The minimum Gasteiger partial charge on any atom is -0.492 e. The predicted octanol–water partition coefficient (Wildman–Crippen LogP) is 2.83. The van der Waals surface area contributed by atoms with Gasteiger partial charge in [0, 0.05) is 0 Å². The van der Waals surface area contributed by atoms with Gasteiger partial charge in [0.1, 0.15) is 10.9 Å². The summed E-state index contributed by atoms with van der Waals surface area (Å²) in [4.78, 5) is 4.02. The van der Waals surface area contributed by atoms with E-state index in [0.29, 0.717) is 5.15 Å². The van der Waals surface area contributed by atoms with Gasteiger partial charge in [-0.25, -0.2) is 4.98 Å². The molecule has 13 heavy (non-hydrogen) atoms. The van der Waals surface area contributed by atoms with E-state index in [-0.39, 0.29) is 0 Å². The Bertz CT molecular complexity index is 310. The molecule has 70 valence electrons. The number of hydrogen-bond donors (Lipinski definition) is 0. The topological polar surface area (TPSA) is 22.1 Å². The van der Waals surface area contributed by atoms with Crippen molar-refractivity contribution in [1.29, 1.82) is 0 Å². The molecular weight excluding hydrogens is 186 g/mol. The molecule has 0 radical (unpaired) electrons. The lowest BCUT2D eigenvalue weighted by molar-refractivity contribution is 0.298. The van der Waals surface area contributed by atoms with Gasteiger partial charge >= 0.3 is 0 Å². The summed E-state index contributed by atoms with van der Waals surface area (Å²) in [5, 5.41) is 0.554. The molecule has 1 heterocycles. The summed E-state index contributed by atoms with van der Waals surface area (Å²) >= 11 is 5.79. The first kappa shape index (κ1) is 8.82. The summed E-state index contributed by atoms with van der Waals surface area (Å²) < 4.78 is 5.54. The third-order valence-corrected chi connectivity index (χ3v) is 2.57. The maximum atomic E-state index is 5.79. The SMILES string of the molecule is Cc1cc(OCC2CC2)cnc1Cl. The molecule has 0 aromatic carbocycles. The van der Waals surface area contributed by atoms with Gasteiger partial charge in [-0.1, -0.05) is 11.6 Å². The van der Waals surface area contributed by atoms with Gasteiger partial charge in [0.05, 0.1) is 12.8 Å². The molecule has 0 N–H and O–H groups in total. The van der Waals surface area contributed by atoms with E-state index in [1.807, 2.05) is 13.0 Å². The number of pyridine rings is 1. The van der Waals surface area contributed by atoms with Crippen LogP contribution < -0.4 is 4.74 Å². The molecule has 1 aliphatic carbocycles. The van der Waals surface area contributed by atoms with E-state index in [9.17, 15) is 0 Å². The van der Waals surface area contributed by atoms with Gasteiger partial charge in [0.2, 0.25) is 0 Å². The van der Waals surface area contributed by atoms with Gasteiger partial charge in [0.15, 0.2) is 0 Å². The van der Waals surface area contributed by atoms with E-state index in [4.69, 9.17) is 16.3 Å². The van der Waals surface area contributed by atoms with Crippen molar-refractivity contribution in [3.63, 3.8) is 0 Å². The third-order valence-electron chi connectivity index (χ3n) is 2.17. The fourth-order valence-corrected chi connectivity index (χ4v) is 1.21. The third kappa shape index (κ3) is 2.34. The van der Waals surface area contributed by atoms with Crippen molar-refractivity contribution in [3.8, 4) is 5.75 Å². The number of halogens is 1. The van der Waals surface area contributed by atoms with Crippen LogP contribution in [-0.2, 0) is 0 Å². The molecule has 2 rings (SSSR count). The lowest BCUT2D eigenvalue weighted by Crippen LogP contribution is -1.99. The van der Waals surface area contributed by atoms with E-state index in [2.05, 4.69) is 4.98 Å². The van der Waals surface area contributed by atoms with Crippen molar-refractivity contribution < 1.29 is 4.74 Å². The van der Waals surface area contributed by atoms with Gasteiger partial charge < -0.3 is 4.74 Å². The van der Waals surface area contributed by atoms with Crippen molar-refractivity contribution in [2.75, 3.05) is 6.61 Å². The van der Waals surface area contributed by atoms with Crippen molar-refractivity contribution in [2.24, 2.45) is 5.92 Å². The summed E-state index contributed by atoms with van der Waals surface area (Å²) in [6, 6.07) is 1.93. The smallest absolute Gasteiger partial charge is 0.137 e. The normalized spacial score (nSPS) is 15.8. The molecule has 1 aliphatic rings. The molecular formula is C10H12ClNO. The fourth-order valence-electron chi connectivity index (χ4n) is 1.11. The fraction of sp³-hybridized carbons (Fsp3) is 0.500. The monoisotopic (exact) mass is 197 g/mol. The van der Waals surface area contributed by atoms with Crippen LogP contribution in [0.15, 0.2) is 12.3 Å². The molecule has 1 fully saturated rings. The first-order chi connectivity index (χ1) is 6.25. The molecule has 1 aromatic heterocycles. The average molecular weight is 198 g/mol. The molecule has 0 amide bonds. The van der Waals surface area contributed by atoms with Crippen LogP contribution in [0.3, 0.4) is 0 Å². The molecule has 0 unspecified atom stereocenters. The Morgan fingerprint density at radius 1 is 1.62 bits per heavy atom. The number of aromatic nitrogens is 1. The van der Waals surface area contributed by atoms with Crippen LogP contribution in [0.5, 0.6) is 5.75 Å². The highest BCUT2D eigenvalue weighted by molar-refractivity contribution is 6.30. The zero-order valence-corrected chi connectivity index (χ0v) is 8.34. The lowest BCUT2D eigenvalue weighted by atomic mass is 10.3. The van der Waals surface area contributed by atoms with Gasteiger partial charge in [0.25, 0.3) is 0 Å². The van der Waals surface area contributed by atoms with Crippen LogP contribution in [0, 0.1) is 12.8 Å². The van der Waals surface area contributed by atoms with Crippen LogP contribution in [-0.4, -0.2) is 11.6 Å². The molecule has 0 atom stereocenters. The minimum atomic E-state index is 0.554. The number of hydrogen-bond acceptors (Lipinski definition) is 2. The molecule has 0 aliphatic heterocycles. The van der Waals surface area contributed by atoms with Crippen LogP contribution in [0.1, 0.15) is 18.4 Å². The first-order valence-corrected chi connectivity index (χ1v) is 4.88. The standard InChI is InChI=1S/C10H12ClNO/c1-7-4-9(5-12-10(7)11)13-6-8-2-3-8/h4-5,8H,2-3,6H2,1H3. The highest BCUT2D eigenvalue weighted by atomic mass is 35.5. The second kappa shape index (κ2) is 3.54. The minimum absolute atomic E-state index is 0.554. The summed E-state index contributed by atoms with van der Waals surface area (Å²) in [6.07, 6.45) is 4.29. The Morgan fingerprint density at radius 2 is 2.38 bits per heavy atom. The quantitative estimate of drug-likeness (QED) is 0.696. The predicted molar refractivity (Wildman–Crippen MR) is 52.2 cm³/mol. The average Bonchev–Trinajstić information content (AvgIpc) is 2.91. The van der Waals surface area contributed by atoms with Gasteiger partial charge in [-0.2, -0.15) is 0 Å². The van der Waals surface area contributed by atoms with E-state index in [1.165, 1.54) is 12.8 Å². The van der Waals surface area contributed by atoms with E-state index in [1.54, 1.807) is 6.20 Å². The Kier molecular flexibility index (Phi) is 2.40. The van der Waals surface area contributed by atoms with Crippen molar-refractivity contribution in [2.45, 2.75) is 19.8 Å². The summed E-state index contributed by atoms with van der Waals surface area (Å²) in [5.74, 6) is 1.60. The molecule has 3 heteroatoms. The Labute approximate surface area is 82.9 Å². The Balaban J connectivity index is 1.98. The number of ether oxygens (including phenoxy) is 1. The Morgan fingerprint density at radius 3 is 3.00 bits per heavy atom. The zero-order chi connectivity index (χ0) is 9.26. The number of rotatable bonds is 3. The van der Waals surface area contributed by atoms with Gasteiger partial charge in [-0.15, -0.1) is 0 Å². The van der Waals surface area contributed by atoms with Crippen molar-refractivity contribution in [3.05, 3.63) is 23.0 Å². The molecule has 0 bridgehead atoms. The van der Waals surface area contributed by atoms with Crippen LogP contribution in [0.4, 0.5) is 0 Å². The van der Waals surface area contributed by atoms with E-state index >= 15 is 0 Å². The number of aryl methyl sites for hydroxylation is 1. The largest absolute Gasteiger partial charge is 0.492 e. The molecule has 1 saturated carbocycles. The lowest BCUT2D eigenvalue weighted by Gasteiger charge is -2.05. The van der Waals surface area contributed by atoms with Crippen LogP contribution in [0.25, 0.3) is 0 Å². The molecule has 1 aromatic rings. The summed E-state index contributed by atoms with van der Waals surface area (Å²) in [7, 11) is 0. The van der Waals surface area contributed by atoms with Gasteiger partial charge in [-0.3, -0.25) is 0 Å². The molecule has 0 saturated heterocycles. The number of nitrogens with zero attached hydrogens (tertiary/aromatic N) is 1. The first-order valence-electron chi connectivity index (χ1n) is 4.50. The summed E-state index contributed by atoms with van der Waals surface area (Å²) in [6.45, 7) is 2.75. The van der Waals surface area contributed by atoms with E-state index in [0.717, 1.165) is 23.8 Å². The maximum Gasteiger partial charge on any atom is 0.137 e. The molecule has 0 spiro atoms. The van der Waals surface area contributed by atoms with E-state index < -0.39 is 0 Å². The maximum absolute atomic E-state index is 5.79.